The summed E-state index contributed by atoms with van der Waals surface area (Å²) in [5.41, 5.74) is 6.32. The summed E-state index contributed by atoms with van der Waals surface area (Å²) in [5, 5.41) is 21.1. The SMILES string of the molecule is Cc1ccc(O)c(Cc2c(O)cc(C(C)(C)C)c(C)c2C(C)(C)C)c1. The van der Waals surface area contributed by atoms with Crippen molar-refractivity contribution in [1.29, 1.82) is 0 Å². The Hall–Kier alpha value is -1.96. The van der Waals surface area contributed by atoms with Gasteiger partial charge in [-0.2, -0.15) is 0 Å². The molecule has 0 amide bonds. The van der Waals surface area contributed by atoms with E-state index in [4.69, 9.17) is 0 Å². The van der Waals surface area contributed by atoms with E-state index in [0.717, 1.165) is 16.7 Å². The monoisotopic (exact) mass is 340 g/mol. The van der Waals surface area contributed by atoms with Crippen molar-refractivity contribution in [3.63, 3.8) is 0 Å². The van der Waals surface area contributed by atoms with Crippen molar-refractivity contribution in [2.45, 2.75) is 72.6 Å². The Bertz CT molecular complexity index is 787. The van der Waals surface area contributed by atoms with Gasteiger partial charge < -0.3 is 10.2 Å². The Kier molecular flexibility index (Phi) is 4.96. The molecule has 0 spiro atoms. The van der Waals surface area contributed by atoms with E-state index in [-0.39, 0.29) is 16.6 Å². The van der Waals surface area contributed by atoms with E-state index in [2.05, 4.69) is 48.5 Å². The molecule has 2 aromatic rings. The second-order valence-electron chi connectivity index (χ2n) is 9.23. The van der Waals surface area contributed by atoms with Gasteiger partial charge in [0.1, 0.15) is 11.5 Å². The lowest BCUT2D eigenvalue weighted by atomic mass is 9.73. The maximum Gasteiger partial charge on any atom is 0.119 e. The van der Waals surface area contributed by atoms with Gasteiger partial charge in [0, 0.05) is 12.0 Å². The second-order valence-corrected chi connectivity index (χ2v) is 9.23. The predicted molar refractivity (Wildman–Crippen MR) is 106 cm³/mol. The zero-order valence-corrected chi connectivity index (χ0v) is 16.9. The van der Waals surface area contributed by atoms with Crippen molar-refractivity contribution in [3.8, 4) is 11.5 Å². The van der Waals surface area contributed by atoms with Gasteiger partial charge in [-0.05, 0) is 59.1 Å². The highest BCUT2D eigenvalue weighted by Gasteiger charge is 2.28. The Morgan fingerprint density at radius 2 is 1.40 bits per heavy atom. The summed E-state index contributed by atoms with van der Waals surface area (Å²) in [6.07, 6.45) is 0.525. The molecule has 0 aromatic heterocycles. The van der Waals surface area contributed by atoms with Crippen LogP contribution < -0.4 is 0 Å². The average molecular weight is 341 g/mol. The summed E-state index contributed by atoms with van der Waals surface area (Å²) in [5.74, 6) is 0.601. The van der Waals surface area contributed by atoms with E-state index in [0.29, 0.717) is 12.2 Å². The Balaban J connectivity index is 2.73. The molecule has 0 fully saturated rings. The first kappa shape index (κ1) is 19.4. The predicted octanol–water partition coefficient (Wildman–Crippen LogP) is 5.90. The first-order chi connectivity index (χ1) is 11.3. The van der Waals surface area contributed by atoms with Crippen LogP contribution >= 0.6 is 0 Å². The molecule has 2 nitrogen and oxygen atoms in total. The first-order valence-corrected chi connectivity index (χ1v) is 8.97. The minimum absolute atomic E-state index is 0.0361. The lowest BCUT2D eigenvalue weighted by molar-refractivity contribution is 0.453. The summed E-state index contributed by atoms with van der Waals surface area (Å²) >= 11 is 0. The summed E-state index contributed by atoms with van der Waals surface area (Å²) in [7, 11) is 0. The highest BCUT2D eigenvalue weighted by molar-refractivity contribution is 5.55. The second kappa shape index (κ2) is 6.40. The topological polar surface area (TPSA) is 40.5 Å². The Morgan fingerprint density at radius 1 is 0.800 bits per heavy atom. The van der Waals surface area contributed by atoms with Gasteiger partial charge in [-0.1, -0.05) is 59.2 Å². The number of phenols is 2. The fraction of sp³-hybridized carbons (Fsp3) is 0.478. The number of hydrogen-bond acceptors (Lipinski definition) is 2. The molecule has 2 N–H and O–H groups in total. The molecule has 2 aromatic carbocycles. The van der Waals surface area contributed by atoms with E-state index in [9.17, 15) is 10.2 Å². The molecule has 136 valence electrons. The fourth-order valence-electron chi connectivity index (χ4n) is 3.84. The molecule has 0 unspecified atom stereocenters. The number of rotatable bonds is 2. The van der Waals surface area contributed by atoms with Crippen molar-refractivity contribution in [2.75, 3.05) is 0 Å². The number of phenolic OH excluding ortho intramolecular Hbond substituents is 2. The van der Waals surface area contributed by atoms with Crippen LogP contribution in [0.1, 0.15) is 74.9 Å². The summed E-state index contributed by atoms with van der Waals surface area (Å²) in [6.45, 7) is 17.2. The van der Waals surface area contributed by atoms with Gasteiger partial charge in [0.05, 0.1) is 0 Å². The quantitative estimate of drug-likeness (QED) is 0.714. The molecule has 0 bridgehead atoms. The molecule has 0 aliphatic heterocycles. The summed E-state index contributed by atoms with van der Waals surface area (Å²) in [6, 6.07) is 7.53. The molecular weight excluding hydrogens is 308 g/mol. The lowest BCUT2D eigenvalue weighted by Crippen LogP contribution is -2.22. The molecule has 0 saturated heterocycles. The van der Waals surface area contributed by atoms with Crippen molar-refractivity contribution in [2.24, 2.45) is 0 Å². The number of hydrogen-bond donors (Lipinski definition) is 2. The number of aryl methyl sites for hydroxylation is 1. The van der Waals surface area contributed by atoms with Crippen LogP contribution in [0.25, 0.3) is 0 Å². The van der Waals surface area contributed by atoms with Crippen LogP contribution in [-0.2, 0) is 17.3 Å². The van der Waals surface area contributed by atoms with Crippen LogP contribution in [-0.4, -0.2) is 10.2 Å². The van der Waals surface area contributed by atoms with E-state index in [1.165, 1.54) is 16.7 Å². The van der Waals surface area contributed by atoms with E-state index >= 15 is 0 Å². The van der Waals surface area contributed by atoms with Crippen molar-refractivity contribution in [3.05, 3.63) is 57.6 Å². The standard InChI is InChI=1S/C23H32O2/c1-14-9-10-19(24)16(11-14)12-17-20(25)13-18(22(3,4)5)15(2)21(17)23(6,7)8/h9-11,13,24-25H,12H2,1-8H3. The zero-order chi connectivity index (χ0) is 19.2. The van der Waals surface area contributed by atoms with Crippen LogP contribution in [0, 0.1) is 13.8 Å². The van der Waals surface area contributed by atoms with Gasteiger partial charge in [0.2, 0.25) is 0 Å². The van der Waals surface area contributed by atoms with Gasteiger partial charge >= 0.3 is 0 Å². The molecule has 0 heterocycles. The highest BCUT2D eigenvalue weighted by Crippen LogP contribution is 2.41. The summed E-state index contributed by atoms with van der Waals surface area (Å²) < 4.78 is 0. The third kappa shape index (κ3) is 4.00. The largest absolute Gasteiger partial charge is 0.508 e. The van der Waals surface area contributed by atoms with E-state index in [1.807, 2.05) is 25.1 Å². The van der Waals surface area contributed by atoms with Gasteiger partial charge in [0.15, 0.2) is 0 Å². The average Bonchev–Trinajstić information content (AvgIpc) is 2.43. The van der Waals surface area contributed by atoms with Crippen molar-refractivity contribution in [1.82, 2.24) is 0 Å². The molecule has 0 radical (unpaired) electrons. The fourth-order valence-corrected chi connectivity index (χ4v) is 3.84. The lowest BCUT2D eigenvalue weighted by Gasteiger charge is -2.32. The first-order valence-electron chi connectivity index (χ1n) is 8.97. The molecule has 0 aliphatic rings. The van der Waals surface area contributed by atoms with Crippen LogP contribution in [0.5, 0.6) is 11.5 Å². The van der Waals surface area contributed by atoms with Crippen LogP contribution in [0.4, 0.5) is 0 Å². The van der Waals surface area contributed by atoms with Gasteiger partial charge in [0.25, 0.3) is 0 Å². The van der Waals surface area contributed by atoms with Crippen LogP contribution in [0.15, 0.2) is 24.3 Å². The van der Waals surface area contributed by atoms with Crippen molar-refractivity contribution < 1.29 is 10.2 Å². The molecule has 0 aliphatic carbocycles. The van der Waals surface area contributed by atoms with E-state index < -0.39 is 0 Å². The van der Waals surface area contributed by atoms with E-state index in [1.54, 1.807) is 6.07 Å². The minimum atomic E-state index is -0.0996. The number of aromatic hydroxyl groups is 2. The van der Waals surface area contributed by atoms with Gasteiger partial charge in [-0.25, -0.2) is 0 Å². The summed E-state index contributed by atoms with van der Waals surface area (Å²) in [4.78, 5) is 0. The normalized spacial score (nSPS) is 12.5. The Labute approximate surface area is 152 Å². The molecule has 2 heteroatoms. The molecule has 0 saturated carbocycles. The maximum atomic E-state index is 10.9. The molecule has 25 heavy (non-hydrogen) atoms. The molecule has 0 atom stereocenters. The van der Waals surface area contributed by atoms with Crippen LogP contribution in [0.3, 0.4) is 0 Å². The minimum Gasteiger partial charge on any atom is -0.508 e. The molecular formula is C23H32O2. The van der Waals surface area contributed by atoms with Gasteiger partial charge in [-0.3, -0.25) is 0 Å². The number of benzene rings is 2. The highest BCUT2D eigenvalue weighted by atomic mass is 16.3. The molecule has 2 rings (SSSR count). The maximum absolute atomic E-state index is 10.9. The third-order valence-corrected chi connectivity index (χ3v) is 4.83. The van der Waals surface area contributed by atoms with Gasteiger partial charge in [-0.15, -0.1) is 0 Å². The zero-order valence-electron chi connectivity index (χ0n) is 16.9. The Morgan fingerprint density at radius 3 is 1.92 bits per heavy atom. The smallest absolute Gasteiger partial charge is 0.119 e. The van der Waals surface area contributed by atoms with Crippen LogP contribution in [0.2, 0.25) is 0 Å². The van der Waals surface area contributed by atoms with Crippen molar-refractivity contribution >= 4 is 0 Å². The third-order valence-electron chi connectivity index (χ3n) is 4.83.